The first-order chi connectivity index (χ1) is 7.69. The zero-order valence-electron chi connectivity index (χ0n) is 8.74. The van der Waals surface area contributed by atoms with E-state index in [-0.39, 0.29) is 0 Å². The maximum atomic E-state index is 5.97. The van der Waals surface area contributed by atoms with Crippen molar-refractivity contribution in [3.05, 3.63) is 39.9 Å². The second-order valence-electron chi connectivity index (χ2n) is 3.31. The lowest BCUT2D eigenvalue weighted by molar-refractivity contribution is 1.03. The van der Waals surface area contributed by atoms with Crippen LogP contribution in [0.4, 0.5) is 0 Å². The van der Waals surface area contributed by atoms with Crippen LogP contribution in [0, 0.1) is 6.92 Å². The number of hydrogen-bond acceptors (Lipinski definition) is 4. The van der Waals surface area contributed by atoms with Crippen molar-refractivity contribution in [2.75, 3.05) is 0 Å². The molecular formula is C11H11ClN2S2. The largest absolute Gasteiger partial charge is 0.326 e. The van der Waals surface area contributed by atoms with Crippen molar-refractivity contribution in [1.29, 1.82) is 0 Å². The van der Waals surface area contributed by atoms with E-state index < -0.39 is 0 Å². The summed E-state index contributed by atoms with van der Waals surface area (Å²) in [4.78, 5) is 5.50. The van der Waals surface area contributed by atoms with Gasteiger partial charge in [-0.1, -0.05) is 29.4 Å². The molecule has 0 saturated heterocycles. The van der Waals surface area contributed by atoms with Gasteiger partial charge in [-0.3, -0.25) is 0 Å². The Morgan fingerprint density at radius 2 is 2.31 bits per heavy atom. The summed E-state index contributed by atoms with van der Waals surface area (Å²) in [5.74, 6) is 0. The summed E-state index contributed by atoms with van der Waals surface area (Å²) in [6.45, 7) is 2.51. The van der Waals surface area contributed by atoms with E-state index in [0.717, 1.165) is 25.5 Å². The molecule has 0 saturated carbocycles. The van der Waals surface area contributed by atoms with Crippen molar-refractivity contribution in [3.8, 4) is 0 Å². The van der Waals surface area contributed by atoms with Gasteiger partial charge in [0.25, 0.3) is 0 Å². The summed E-state index contributed by atoms with van der Waals surface area (Å²) in [6.07, 6.45) is 0. The van der Waals surface area contributed by atoms with Crippen LogP contribution >= 0.6 is 34.7 Å². The summed E-state index contributed by atoms with van der Waals surface area (Å²) in [5, 5.41) is 2.77. The van der Waals surface area contributed by atoms with Gasteiger partial charge in [0.1, 0.15) is 0 Å². The predicted molar refractivity (Wildman–Crippen MR) is 70.3 cm³/mol. The minimum absolute atomic E-state index is 0.518. The molecule has 0 bridgehead atoms. The van der Waals surface area contributed by atoms with E-state index in [4.69, 9.17) is 17.3 Å². The van der Waals surface area contributed by atoms with Crippen LogP contribution in [0.2, 0.25) is 5.02 Å². The van der Waals surface area contributed by atoms with E-state index in [9.17, 15) is 0 Å². The zero-order valence-corrected chi connectivity index (χ0v) is 11.1. The standard InChI is InChI=1S/C11H11ClN2S2/c1-7-6-15-11(14-7)16-10-4-9(12)3-2-8(10)5-13/h2-4,6H,5,13H2,1H3. The summed E-state index contributed by atoms with van der Waals surface area (Å²) in [7, 11) is 0. The van der Waals surface area contributed by atoms with Crippen LogP contribution in [0.3, 0.4) is 0 Å². The normalized spacial score (nSPS) is 10.7. The van der Waals surface area contributed by atoms with Gasteiger partial charge in [0.2, 0.25) is 0 Å². The van der Waals surface area contributed by atoms with E-state index in [1.807, 2.05) is 30.5 Å². The van der Waals surface area contributed by atoms with Crippen LogP contribution in [-0.2, 0) is 6.54 Å². The summed E-state index contributed by atoms with van der Waals surface area (Å²) >= 11 is 9.23. The summed E-state index contributed by atoms with van der Waals surface area (Å²) < 4.78 is 1.02. The van der Waals surface area contributed by atoms with Gasteiger partial charge in [0, 0.05) is 27.5 Å². The van der Waals surface area contributed by atoms with Crippen LogP contribution in [0.25, 0.3) is 0 Å². The Hall–Kier alpha value is -0.550. The number of hydrogen-bond donors (Lipinski definition) is 1. The lowest BCUT2D eigenvalue weighted by Gasteiger charge is -2.05. The molecule has 2 N–H and O–H groups in total. The van der Waals surface area contributed by atoms with Gasteiger partial charge < -0.3 is 5.73 Å². The van der Waals surface area contributed by atoms with E-state index in [2.05, 4.69) is 4.98 Å². The molecule has 0 atom stereocenters. The Bertz CT molecular complexity index is 496. The van der Waals surface area contributed by atoms with Crippen molar-refractivity contribution < 1.29 is 0 Å². The lowest BCUT2D eigenvalue weighted by Crippen LogP contribution is -1.97. The number of aromatic nitrogens is 1. The van der Waals surface area contributed by atoms with Crippen LogP contribution in [0.5, 0.6) is 0 Å². The molecule has 84 valence electrons. The molecule has 1 aromatic carbocycles. The van der Waals surface area contributed by atoms with Gasteiger partial charge >= 0.3 is 0 Å². The molecule has 0 aliphatic heterocycles. The third-order valence-electron chi connectivity index (χ3n) is 2.04. The highest BCUT2D eigenvalue weighted by molar-refractivity contribution is 8.01. The van der Waals surface area contributed by atoms with Crippen molar-refractivity contribution >= 4 is 34.7 Å². The van der Waals surface area contributed by atoms with Gasteiger partial charge in [-0.15, -0.1) is 11.3 Å². The molecule has 2 rings (SSSR count). The molecule has 0 aliphatic carbocycles. The van der Waals surface area contributed by atoms with E-state index in [1.165, 1.54) is 0 Å². The van der Waals surface area contributed by atoms with Crippen LogP contribution in [0.15, 0.2) is 32.8 Å². The quantitative estimate of drug-likeness (QED) is 0.924. The number of benzene rings is 1. The SMILES string of the molecule is Cc1csc(Sc2cc(Cl)ccc2CN)n1. The second kappa shape index (κ2) is 5.19. The number of aryl methyl sites for hydroxylation is 1. The zero-order chi connectivity index (χ0) is 11.5. The molecule has 2 aromatic rings. The fraction of sp³-hybridized carbons (Fsp3) is 0.182. The molecule has 0 radical (unpaired) electrons. The highest BCUT2D eigenvalue weighted by atomic mass is 35.5. The van der Waals surface area contributed by atoms with Crippen LogP contribution < -0.4 is 5.73 Å². The molecular weight excluding hydrogens is 260 g/mol. The fourth-order valence-electron chi connectivity index (χ4n) is 1.27. The van der Waals surface area contributed by atoms with Gasteiger partial charge in [-0.2, -0.15) is 0 Å². The Labute approximate surface area is 108 Å². The number of rotatable bonds is 3. The molecule has 0 aliphatic rings. The van der Waals surface area contributed by atoms with Gasteiger partial charge in [-0.25, -0.2) is 4.98 Å². The third-order valence-corrected chi connectivity index (χ3v) is 4.44. The second-order valence-corrected chi connectivity index (χ2v) is 5.90. The highest BCUT2D eigenvalue weighted by Crippen LogP contribution is 2.34. The average Bonchev–Trinajstić information content (AvgIpc) is 2.64. The average molecular weight is 271 g/mol. The minimum atomic E-state index is 0.518. The minimum Gasteiger partial charge on any atom is -0.326 e. The van der Waals surface area contributed by atoms with E-state index >= 15 is 0 Å². The Kier molecular flexibility index (Phi) is 3.86. The Balaban J connectivity index is 2.29. The predicted octanol–water partition coefficient (Wildman–Crippen LogP) is 3.71. The Morgan fingerprint density at radius 3 is 2.94 bits per heavy atom. The maximum Gasteiger partial charge on any atom is 0.154 e. The first-order valence-corrected chi connectivity index (χ1v) is 6.85. The number of nitrogens with zero attached hydrogens (tertiary/aromatic N) is 1. The molecule has 5 heteroatoms. The first-order valence-electron chi connectivity index (χ1n) is 4.77. The highest BCUT2D eigenvalue weighted by Gasteiger charge is 2.07. The number of halogens is 1. The maximum absolute atomic E-state index is 5.97. The van der Waals surface area contributed by atoms with Crippen molar-refractivity contribution in [2.45, 2.75) is 22.7 Å². The lowest BCUT2D eigenvalue weighted by atomic mass is 10.2. The molecule has 16 heavy (non-hydrogen) atoms. The number of nitrogens with two attached hydrogens (primary N) is 1. The van der Waals surface area contributed by atoms with E-state index in [0.29, 0.717) is 6.54 Å². The third kappa shape index (κ3) is 2.77. The van der Waals surface area contributed by atoms with Crippen molar-refractivity contribution in [1.82, 2.24) is 4.98 Å². The van der Waals surface area contributed by atoms with Crippen molar-refractivity contribution in [2.24, 2.45) is 5.73 Å². The van der Waals surface area contributed by atoms with Crippen LogP contribution in [-0.4, -0.2) is 4.98 Å². The summed E-state index contributed by atoms with van der Waals surface area (Å²) in [6, 6.07) is 5.76. The molecule has 1 heterocycles. The van der Waals surface area contributed by atoms with Gasteiger partial charge in [0.05, 0.1) is 0 Å². The molecule has 1 aromatic heterocycles. The van der Waals surface area contributed by atoms with Crippen molar-refractivity contribution in [3.63, 3.8) is 0 Å². The van der Waals surface area contributed by atoms with Crippen LogP contribution in [0.1, 0.15) is 11.3 Å². The van der Waals surface area contributed by atoms with Gasteiger partial charge in [0.15, 0.2) is 4.34 Å². The molecule has 0 fully saturated rings. The first kappa shape index (κ1) is 11.9. The number of thiazole rings is 1. The molecule has 2 nitrogen and oxygen atoms in total. The van der Waals surface area contributed by atoms with Gasteiger partial charge in [-0.05, 0) is 24.6 Å². The fourth-order valence-corrected chi connectivity index (χ4v) is 3.48. The topological polar surface area (TPSA) is 38.9 Å². The monoisotopic (exact) mass is 270 g/mol. The smallest absolute Gasteiger partial charge is 0.154 e. The Morgan fingerprint density at radius 1 is 1.50 bits per heavy atom. The van der Waals surface area contributed by atoms with E-state index in [1.54, 1.807) is 23.1 Å². The molecule has 0 amide bonds. The molecule has 0 unspecified atom stereocenters. The molecule has 0 spiro atoms. The summed E-state index contributed by atoms with van der Waals surface area (Å²) in [5.41, 5.74) is 7.83.